The van der Waals surface area contributed by atoms with Gasteiger partial charge in [0.2, 0.25) is 0 Å². The number of fused-ring (bicyclic) bond motifs is 2. The van der Waals surface area contributed by atoms with Crippen LogP contribution >= 0.6 is 0 Å². The number of nitrogens with zero attached hydrogens (tertiary/aromatic N) is 1. The maximum absolute atomic E-state index is 12.3. The van der Waals surface area contributed by atoms with Gasteiger partial charge in [-0.15, -0.1) is 0 Å². The first-order valence-corrected chi connectivity index (χ1v) is 12.1. The Morgan fingerprint density at radius 3 is 2.76 bits per heavy atom. The normalized spacial score (nSPS) is 22.7. The number of benzene rings is 2. The fraction of sp³-hybridized carbons (Fsp3) is 0.464. The van der Waals surface area contributed by atoms with Crippen LogP contribution in [0.5, 0.6) is 0 Å². The molecule has 0 saturated carbocycles. The molecule has 2 aliphatic rings. The summed E-state index contributed by atoms with van der Waals surface area (Å²) in [6.45, 7) is 8.78. The van der Waals surface area contributed by atoms with Gasteiger partial charge >= 0.3 is 6.09 Å². The Hall–Kier alpha value is -2.79. The van der Waals surface area contributed by atoms with E-state index in [2.05, 4.69) is 61.3 Å². The van der Waals surface area contributed by atoms with E-state index in [1.54, 1.807) is 0 Å². The standard InChI is InChI=1S/C28H35N3O2/c1-28(2,3)21-12-23-22-10-19(14-30-27(32)33-17-18-8-6-5-7-9-18)16-31(4)25(22)11-20-15-29-24(13-21)26(20)23/h5-9,12-13,15,19,22,25,29H,10-11,14,16-17H2,1-4H3,(H,30,32)/t19-,22?,25+/m0/s1. The Labute approximate surface area is 196 Å². The summed E-state index contributed by atoms with van der Waals surface area (Å²) in [5.41, 5.74) is 6.67. The molecule has 2 N–H and O–H groups in total. The van der Waals surface area contributed by atoms with E-state index in [0.717, 1.165) is 24.9 Å². The number of hydrogen-bond donors (Lipinski definition) is 2. The van der Waals surface area contributed by atoms with Gasteiger partial charge in [0.15, 0.2) is 0 Å². The number of nitrogens with one attached hydrogen (secondary N) is 2. The number of aromatic amines is 1. The lowest BCUT2D eigenvalue weighted by molar-refractivity contribution is 0.104. The van der Waals surface area contributed by atoms with Crippen LogP contribution < -0.4 is 5.32 Å². The van der Waals surface area contributed by atoms with Gasteiger partial charge in [0.05, 0.1) is 0 Å². The molecule has 1 fully saturated rings. The fourth-order valence-corrected chi connectivity index (χ4v) is 5.71. The molecule has 1 aromatic heterocycles. The number of H-pyrrole nitrogens is 1. The lowest BCUT2D eigenvalue weighted by atomic mass is 9.71. The van der Waals surface area contributed by atoms with Crippen molar-refractivity contribution in [1.29, 1.82) is 0 Å². The van der Waals surface area contributed by atoms with E-state index in [4.69, 9.17) is 4.74 Å². The first kappa shape index (κ1) is 22.0. The highest BCUT2D eigenvalue weighted by Crippen LogP contribution is 2.45. The van der Waals surface area contributed by atoms with Crippen LogP contribution in [0.15, 0.2) is 48.7 Å². The molecule has 174 valence electrons. The van der Waals surface area contributed by atoms with E-state index in [9.17, 15) is 4.79 Å². The van der Waals surface area contributed by atoms with E-state index in [1.165, 1.54) is 27.6 Å². The van der Waals surface area contributed by atoms with Gasteiger partial charge in [0.1, 0.15) is 6.61 Å². The van der Waals surface area contributed by atoms with Gasteiger partial charge in [-0.25, -0.2) is 4.79 Å². The molecule has 1 aliphatic carbocycles. The Kier molecular flexibility index (Phi) is 5.69. The number of rotatable bonds is 4. The van der Waals surface area contributed by atoms with Crippen LogP contribution in [-0.2, 0) is 23.2 Å². The molecule has 0 bridgehead atoms. The number of aromatic nitrogens is 1. The molecule has 33 heavy (non-hydrogen) atoms. The lowest BCUT2D eigenvalue weighted by Crippen LogP contribution is -2.50. The van der Waals surface area contributed by atoms with Crippen molar-refractivity contribution in [1.82, 2.24) is 15.2 Å². The smallest absolute Gasteiger partial charge is 0.407 e. The van der Waals surface area contributed by atoms with E-state index >= 15 is 0 Å². The van der Waals surface area contributed by atoms with Crippen LogP contribution in [0.2, 0.25) is 0 Å². The average Bonchev–Trinajstić information content (AvgIpc) is 3.21. The minimum Gasteiger partial charge on any atom is -0.445 e. The summed E-state index contributed by atoms with van der Waals surface area (Å²) >= 11 is 0. The van der Waals surface area contributed by atoms with Crippen molar-refractivity contribution in [2.45, 2.75) is 57.6 Å². The number of alkyl carbamates (subject to hydrolysis) is 1. The zero-order valence-electron chi connectivity index (χ0n) is 20.2. The van der Waals surface area contributed by atoms with Crippen LogP contribution in [0.4, 0.5) is 4.79 Å². The number of amides is 1. The highest BCUT2D eigenvalue weighted by atomic mass is 16.5. The molecule has 2 aromatic carbocycles. The largest absolute Gasteiger partial charge is 0.445 e. The number of hydrogen-bond acceptors (Lipinski definition) is 3. The van der Waals surface area contributed by atoms with Gasteiger partial charge in [0.25, 0.3) is 0 Å². The van der Waals surface area contributed by atoms with Crippen LogP contribution in [0.25, 0.3) is 10.9 Å². The third-order valence-electron chi connectivity index (χ3n) is 7.50. The Bertz CT molecular complexity index is 1150. The summed E-state index contributed by atoms with van der Waals surface area (Å²) in [6.07, 6.45) is 4.04. The maximum atomic E-state index is 12.3. The highest BCUT2D eigenvalue weighted by Gasteiger charge is 2.40. The molecule has 0 spiro atoms. The van der Waals surface area contributed by atoms with Crippen molar-refractivity contribution in [3.05, 3.63) is 70.9 Å². The molecule has 1 aliphatic heterocycles. The van der Waals surface area contributed by atoms with Gasteiger partial charge in [-0.1, -0.05) is 57.2 Å². The van der Waals surface area contributed by atoms with Gasteiger partial charge in [-0.3, -0.25) is 0 Å². The number of ether oxygens (including phenoxy) is 1. The third kappa shape index (κ3) is 4.39. The molecule has 3 atom stereocenters. The first-order valence-electron chi connectivity index (χ1n) is 12.1. The fourth-order valence-electron chi connectivity index (χ4n) is 5.71. The van der Waals surface area contributed by atoms with Crippen molar-refractivity contribution in [2.24, 2.45) is 5.92 Å². The predicted molar refractivity (Wildman–Crippen MR) is 133 cm³/mol. The summed E-state index contributed by atoms with van der Waals surface area (Å²) in [6, 6.07) is 15.1. The number of carbonyl (C=O) groups is 1. The number of carbonyl (C=O) groups excluding carboxylic acids is 1. The second-order valence-electron chi connectivity index (χ2n) is 10.9. The third-order valence-corrected chi connectivity index (χ3v) is 7.50. The molecule has 1 unspecified atom stereocenters. The van der Waals surface area contributed by atoms with E-state index in [1.807, 2.05) is 30.3 Å². The molecular formula is C28H35N3O2. The number of piperidine rings is 1. The van der Waals surface area contributed by atoms with Gasteiger partial charge in [-0.2, -0.15) is 0 Å². The van der Waals surface area contributed by atoms with Crippen molar-refractivity contribution in [3.8, 4) is 0 Å². The predicted octanol–water partition coefficient (Wildman–Crippen LogP) is 5.35. The summed E-state index contributed by atoms with van der Waals surface area (Å²) in [7, 11) is 2.24. The molecule has 5 nitrogen and oxygen atoms in total. The monoisotopic (exact) mass is 445 g/mol. The second kappa shape index (κ2) is 8.53. The first-order chi connectivity index (χ1) is 15.8. The molecule has 0 radical (unpaired) electrons. The summed E-state index contributed by atoms with van der Waals surface area (Å²) in [4.78, 5) is 18.4. The van der Waals surface area contributed by atoms with Crippen molar-refractivity contribution in [3.63, 3.8) is 0 Å². The summed E-state index contributed by atoms with van der Waals surface area (Å²) < 4.78 is 5.42. The topological polar surface area (TPSA) is 57.4 Å². The molecule has 1 saturated heterocycles. The van der Waals surface area contributed by atoms with Crippen LogP contribution in [0.3, 0.4) is 0 Å². The van der Waals surface area contributed by atoms with E-state index < -0.39 is 0 Å². The quantitative estimate of drug-likeness (QED) is 0.569. The SMILES string of the molecule is CN1C[C@H](CNC(=O)OCc2ccccc2)CC2c3cc(C(C)(C)C)cc4[nH]cc(c34)C[C@H]21. The minimum atomic E-state index is -0.336. The summed E-state index contributed by atoms with van der Waals surface area (Å²) in [5.74, 6) is 0.873. The molecule has 5 rings (SSSR count). The minimum absolute atomic E-state index is 0.104. The zero-order valence-corrected chi connectivity index (χ0v) is 20.2. The lowest BCUT2D eigenvalue weighted by Gasteiger charge is -2.46. The molecule has 2 heterocycles. The summed E-state index contributed by atoms with van der Waals surface area (Å²) in [5, 5.41) is 4.44. The second-order valence-corrected chi connectivity index (χ2v) is 10.9. The van der Waals surface area contributed by atoms with Crippen LogP contribution in [-0.4, -0.2) is 42.2 Å². The Balaban J connectivity index is 1.30. The van der Waals surface area contributed by atoms with E-state index in [-0.39, 0.29) is 11.5 Å². The molecule has 3 aromatic rings. The molecular weight excluding hydrogens is 410 g/mol. The molecule has 5 heteroatoms. The van der Waals surface area contributed by atoms with E-state index in [0.29, 0.717) is 31.0 Å². The maximum Gasteiger partial charge on any atom is 0.407 e. The highest BCUT2D eigenvalue weighted by molar-refractivity contribution is 5.89. The van der Waals surface area contributed by atoms with Crippen LogP contribution in [0.1, 0.15) is 55.4 Å². The van der Waals surface area contributed by atoms with Crippen molar-refractivity contribution in [2.75, 3.05) is 20.1 Å². The van der Waals surface area contributed by atoms with Gasteiger partial charge < -0.3 is 19.9 Å². The Morgan fingerprint density at radius 2 is 2.00 bits per heavy atom. The average molecular weight is 446 g/mol. The number of likely N-dealkylation sites (tertiary alicyclic amines) is 1. The Morgan fingerprint density at radius 1 is 1.21 bits per heavy atom. The van der Waals surface area contributed by atoms with Gasteiger partial charge in [-0.05, 0) is 59.5 Å². The van der Waals surface area contributed by atoms with Crippen LogP contribution in [0, 0.1) is 5.92 Å². The van der Waals surface area contributed by atoms with Gasteiger partial charge in [0, 0.05) is 42.1 Å². The molecule has 1 amide bonds. The number of likely N-dealkylation sites (N-methyl/N-ethyl adjacent to an activating group) is 1. The van der Waals surface area contributed by atoms with Crippen molar-refractivity contribution >= 4 is 17.0 Å². The van der Waals surface area contributed by atoms with Crippen molar-refractivity contribution < 1.29 is 9.53 Å². The zero-order chi connectivity index (χ0) is 23.2.